The summed E-state index contributed by atoms with van der Waals surface area (Å²) in [4.78, 5) is 25.7. The summed E-state index contributed by atoms with van der Waals surface area (Å²) < 4.78 is 13.6. The molecule has 3 heterocycles. The fraction of sp³-hybridized carbons (Fsp3) is 0.353. The van der Waals surface area contributed by atoms with E-state index in [0.29, 0.717) is 28.5 Å². The maximum atomic E-state index is 13.2. The number of carboxylic acid groups (broad SMARTS) is 1. The Hall–Kier alpha value is -3.84. The van der Waals surface area contributed by atoms with Gasteiger partial charge in [0.2, 0.25) is 0 Å². The molecule has 1 aliphatic heterocycles. The highest BCUT2D eigenvalue weighted by molar-refractivity contribution is 7.12. The van der Waals surface area contributed by atoms with E-state index in [0.717, 1.165) is 51.9 Å². The predicted octanol–water partition coefficient (Wildman–Crippen LogP) is 8.63. The summed E-state index contributed by atoms with van der Waals surface area (Å²) in [7, 11) is 1.66. The number of nitrogens with zero attached hydrogens (tertiary/aromatic N) is 1. The summed E-state index contributed by atoms with van der Waals surface area (Å²) in [5.74, 6) is -0.130. The van der Waals surface area contributed by atoms with Crippen molar-refractivity contribution >= 4 is 45.8 Å². The Kier molecular flexibility index (Phi) is 7.02. The topological polar surface area (TPSA) is 77.8 Å². The third kappa shape index (κ3) is 5.08. The molecule has 6 rings (SSSR count). The van der Waals surface area contributed by atoms with Gasteiger partial charge in [-0.15, -0.1) is 11.3 Å². The van der Waals surface area contributed by atoms with Crippen LogP contribution in [0.5, 0.6) is 5.75 Å². The molecule has 212 valence electrons. The molecule has 6 nitrogen and oxygen atoms in total. The summed E-state index contributed by atoms with van der Waals surface area (Å²) in [6.07, 6.45) is 8.00. The third-order valence-corrected chi connectivity index (χ3v) is 9.03. The Morgan fingerprint density at radius 3 is 2.49 bits per heavy atom. The molecular weight excluding hydrogens is 534 g/mol. The number of aromatic nitrogens is 1. The average Bonchev–Trinajstić information content (AvgIpc) is 3.51. The van der Waals surface area contributed by atoms with Gasteiger partial charge in [-0.05, 0) is 104 Å². The number of carboxylic acids is 1. The minimum Gasteiger partial charge on any atom is -0.497 e. The smallest absolute Gasteiger partial charge is 0.346 e. The van der Waals surface area contributed by atoms with Crippen molar-refractivity contribution in [3.63, 3.8) is 0 Å². The largest absolute Gasteiger partial charge is 0.497 e. The lowest BCUT2D eigenvalue weighted by molar-refractivity contribution is 0.00694. The number of ether oxygens (including phenoxy) is 2. The van der Waals surface area contributed by atoms with Crippen molar-refractivity contribution in [2.24, 2.45) is 0 Å². The first-order valence-corrected chi connectivity index (χ1v) is 15.1. The van der Waals surface area contributed by atoms with Crippen LogP contribution in [0, 0.1) is 0 Å². The lowest BCUT2D eigenvalue weighted by atomic mass is 9.81. The number of rotatable bonds is 5. The monoisotopic (exact) mass is 569 g/mol. The van der Waals surface area contributed by atoms with Crippen LogP contribution in [0.2, 0.25) is 0 Å². The molecule has 41 heavy (non-hydrogen) atoms. The number of hydrogen-bond acceptors (Lipinski definition) is 5. The molecule has 4 aromatic rings. The van der Waals surface area contributed by atoms with E-state index >= 15 is 0 Å². The van der Waals surface area contributed by atoms with E-state index in [9.17, 15) is 14.7 Å². The zero-order chi connectivity index (χ0) is 28.9. The van der Waals surface area contributed by atoms with Crippen LogP contribution in [0.1, 0.15) is 95.5 Å². The van der Waals surface area contributed by atoms with Crippen molar-refractivity contribution in [2.75, 3.05) is 7.11 Å². The number of fused-ring (bicyclic) bond motifs is 5. The molecule has 0 bridgehead atoms. The van der Waals surface area contributed by atoms with Crippen LogP contribution in [0.4, 0.5) is 0 Å². The Balaban J connectivity index is 1.64. The molecule has 0 amide bonds. The molecule has 1 saturated carbocycles. The Morgan fingerprint density at radius 1 is 1.00 bits per heavy atom. The van der Waals surface area contributed by atoms with Crippen LogP contribution in [-0.2, 0) is 11.3 Å². The number of thiophene rings is 1. The summed E-state index contributed by atoms with van der Waals surface area (Å²) in [5.41, 5.74) is 7.04. The zero-order valence-corrected chi connectivity index (χ0v) is 24.8. The van der Waals surface area contributed by atoms with E-state index in [4.69, 9.17) is 9.47 Å². The second-order valence-electron chi connectivity index (χ2n) is 12.0. The average molecular weight is 570 g/mol. The van der Waals surface area contributed by atoms with Gasteiger partial charge >= 0.3 is 11.9 Å². The molecule has 1 N–H and O–H groups in total. The van der Waals surface area contributed by atoms with Gasteiger partial charge < -0.3 is 19.1 Å². The minimum absolute atomic E-state index is 0.322. The van der Waals surface area contributed by atoms with Crippen LogP contribution >= 0.6 is 11.3 Å². The van der Waals surface area contributed by atoms with Crippen molar-refractivity contribution in [3.8, 4) is 17.0 Å². The maximum Gasteiger partial charge on any atom is 0.346 e. The van der Waals surface area contributed by atoms with Gasteiger partial charge in [0.15, 0.2) is 0 Å². The molecular formula is C34H35NO5S. The number of aromatic carboxylic acids is 1. The second kappa shape index (κ2) is 10.5. The quantitative estimate of drug-likeness (QED) is 0.243. The standard InChI is InChI=1S/C34H35NO5S/c1-34(2,3)40-33(38)21-10-12-27-28(18-21)35-19-23(26-14-15-41-31(26)32(36)37)16-22-17-24(39-4)11-13-25(22)30(35)29(27)20-8-6-5-7-9-20/h10-18,20H,5-9,19H2,1-4H3,(H,36,37). The predicted molar refractivity (Wildman–Crippen MR) is 164 cm³/mol. The van der Waals surface area contributed by atoms with Crippen molar-refractivity contribution in [1.82, 2.24) is 4.57 Å². The number of carbonyl (C=O) groups is 2. The summed E-state index contributed by atoms with van der Waals surface area (Å²) in [6.45, 7) is 6.09. The summed E-state index contributed by atoms with van der Waals surface area (Å²) in [5, 5.41) is 12.9. The maximum absolute atomic E-state index is 13.2. The van der Waals surface area contributed by atoms with E-state index in [1.807, 2.05) is 56.5 Å². The van der Waals surface area contributed by atoms with Gasteiger partial charge in [0, 0.05) is 28.6 Å². The van der Waals surface area contributed by atoms with Gasteiger partial charge in [0.1, 0.15) is 16.2 Å². The number of carbonyl (C=O) groups excluding carboxylic acids is 1. The number of esters is 1. The molecule has 0 unspecified atom stereocenters. The van der Waals surface area contributed by atoms with Crippen LogP contribution in [0.25, 0.3) is 33.8 Å². The van der Waals surface area contributed by atoms with Crippen molar-refractivity contribution < 1.29 is 24.2 Å². The van der Waals surface area contributed by atoms with Crippen LogP contribution in [-0.4, -0.2) is 34.3 Å². The van der Waals surface area contributed by atoms with E-state index in [1.165, 1.54) is 36.2 Å². The summed E-state index contributed by atoms with van der Waals surface area (Å²) in [6, 6.07) is 14.0. The van der Waals surface area contributed by atoms with Crippen LogP contribution < -0.4 is 4.74 Å². The minimum atomic E-state index is -0.932. The van der Waals surface area contributed by atoms with Crippen LogP contribution in [0.15, 0.2) is 47.8 Å². The zero-order valence-electron chi connectivity index (χ0n) is 24.0. The molecule has 1 fully saturated rings. The molecule has 1 aliphatic carbocycles. The van der Waals surface area contributed by atoms with E-state index in [2.05, 4.69) is 22.8 Å². The molecule has 0 saturated heterocycles. The molecule has 2 aromatic heterocycles. The Morgan fingerprint density at radius 2 is 1.78 bits per heavy atom. The van der Waals surface area contributed by atoms with Gasteiger partial charge in [-0.1, -0.05) is 25.3 Å². The normalized spacial score (nSPS) is 15.6. The van der Waals surface area contributed by atoms with Gasteiger partial charge in [0.05, 0.1) is 18.4 Å². The number of methoxy groups -OCH3 is 1. The molecule has 0 radical (unpaired) electrons. The van der Waals surface area contributed by atoms with Gasteiger partial charge in [-0.3, -0.25) is 0 Å². The van der Waals surface area contributed by atoms with Gasteiger partial charge in [-0.25, -0.2) is 9.59 Å². The third-order valence-electron chi connectivity index (χ3n) is 8.13. The fourth-order valence-electron chi connectivity index (χ4n) is 6.40. The Bertz CT molecular complexity index is 1690. The molecule has 0 atom stereocenters. The van der Waals surface area contributed by atoms with Crippen molar-refractivity contribution in [1.29, 1.82) is 0 Å². The SMILES string of the molecule is COc1ccc2c(c1)C=C(c1ccsc1C(=O)O)Cn1c-2c(C2CCCCC2)c2ccc(C(=O)OC(C)(C)C)cc21. The number of allylic oxidation sites excluding steroid dienone is 1. The van der Waals surface area contributed by atoms with E-state index < -0.39 is 11.6 Å². The second-order valence-corrected chi connectivity index (χ2v) is 12.9. The summed E-state index contributed by atoms with van der Waals surface area (Å²) >= 11 is 1.24. The van der Waals surface area contributed by atoms with Crippen LogP contribution in [0.3, 0.4) is 0 Å². The highest BCUT2D eigenvalue weighted by Crippen LogP contribution is 2.48. The first-order valence-electron chi connectivity index (χ1n) is 14.2. The molecule has 2 aromatic carbocycles. The van der Waals surface area contributed by atoms with Crippen molar-refractivity contribution in [3.05, 3.63) is 75.0 Å². The lowest BCUT2D eigenvalue weighted by Crippen LogP contribution is -2.23. The highest BCUT2D eigenvalue weighted by Gasteiger charge is 2.31. The first-order chi connectivity index (χ1) is 19.6. The molecule has 0 spiro atoms. The fourth-order valence-corrected chi connectivity index (χ4v) is 7.16. The molecule has 2 aliphatic rings. The first kappa shape index (κ1) is 27.3. The van der Waals surface area contributed by atoms with Gasteiger partial charge in [0.25, 0.3) is 0 Å². The number of benzene rings is 2. The highest BCUT2D eigenvalue weighted by atomic mass is 32.1. The van der Waals surface area contributed by atoms with Gasteiger partial charge in [-0.2, -0.15) is 0 Å². The Labute approximate surface area is 244 Å². The van der Waals surface area contributed by atoms with E-state index in [-0.39, 0.29) is 5.97 Å². The van der Waals surface area contributed by atoms with Crippen molar-refractivity contribution in [2.45, 2.75) is 70.9 Å². The number of hydrogen-bond donors (Lipinski definition) is 1. The lowest BCUT2D eigenvalue weighted by Gasteiger charge is -2.24. The molecule has 7 heteroatoms. The van der Waals surface area contributed by atoms with E-state index in [1.54, 1.807) is 7.11 Å².